The first-order valence-electron chi connectivity index (χ1n) is 10.3. The van der Waals surface area contributed by atoms with E-state index in [4.69, 9.17) is 4.74 Å². The van der Waals surface area contributed by atoms with Gasteiger partial charge >= 0.3 is 0 Å². The zero-order valence-corrected chi connectivity index (χ0v) is 17.3. The van der Waals surface area contributed by atoms with Crippen LogP contribution in [0.2, 0.25) is 0 Å². The molecule has 1 saturated heterocycles. The molecule has 150 valence electrons. The lowest BCUT2D eigenvalue weighted by atomic mass is 9.99. The first-order chi connectivity index (χ1) is 14.0. The molecule has 2 heterocycles. The number of amides is 1. The number of carbonyl (C=O) groups is 1. The third-order valence-corrected chi connectivity index (χ3v) is 5.77. The Morgan fingerprint density at radius 1 is 1.07 bits per heavy atom. The van der Waals surface area contributed by atoms with Crippen LogP contribution < -0.4 is 4.74 Å². The van der Waals surface area contributed by atoms with Gasteiger partial charge in [0.1, 0.15) is 5.69 Å². The maximum Gasteiger partial charge on any atom is 0.260 e. The van der Waals surface area contributed by atoms with E-state index in [0.29, 0.717) is 11.8 Å². The molecular formula is C24H27N3O2. The molecule has 29 heavy (non-hydrogen) atoms. The second kappa shape index (κ2) is 8.19. The Balaban J connectivity index is 1.60. The number of carbonyl (C=O) groups excluding carboxylic acids is 1. The van der Waals surface area contributed by atoms with Crippen LogP contribution >= 0.6 is 0 Å². The van der Waals surface area contributed by atoms with Crippen molar-refractivity contribution >= 4 is 16.7 Å². The lowest BCUT2D eigenvalue weighted by Crippen LogP contribution is -2.40. The van der Waals surface area contributed by atoms with Gasteiger partial charge in [0.2, 0.25) is 5.88 Å². The lowest BCUT2D eigenvalue weighted by molar-refractivity contribution is -0.134. The largest absolute Gasteiger partial charge is 0.466 e. The third-order valence-electron chi connectivity index (χ3n) is 5.77. The van der Waals surface area contributed by atoms with E-state index in [2.05, 4.69) is 49.2 Å². The molecule has 5 nitrogen and oxygen atoms in total. The molecule has 0 N–H and O–H groups in total. The molecule has 0 bridgehead atoms. The van der Waals surface area contributed by atoms with Gasteiger partial charge in [-0.05, 0) is 50.3 Å². The SMILES string of the molecule is Cc1ccc(C)c(-c2nnc(OCC(=O)N3CCC(C)CC3)c3ccccc23)c1. The summed E-state index contributed by atoms with van der Waals surface area (Å²) in [4.78, 5) is 14.4. The minimum absolute atomic E-state index is 0.00409. The molecule has 1 fully saturated rings. The van der Waals surface area contributed by atoms with Crippen LogP contribution in [0.15, 0.2) is 42.5 Å². The maximum absolute atomic E-state index is 12.5. The Hall–Kier alpha value is -2.95. The molecule has 1 aromatic heterocycles. The van der Waals surface area contributed by atoms with Gasteiger partial charge in [0.05, 0.1) is 0 Å². The fourth-order valence-corrected chi connectivity index (χ4v) is 3.86. The van der Waals surface area contributed by atoms with Crippen molar-refractivity contribution in [2.45, 2.75) is 33.6 Å². The standard InChI is InChI=1S/C24H27N3O2/c1-16-10-12-27(13-11-16)22(28)15-29-24-20-7-5-4-6-19(20)23(25-26-24)21-14-17(2)8-9-18(21)3/h4-9,14,16H,10-13,15H2,1-3H3. The summed E-state index contributed by atoms with van der Waals surface area (Å²) in [6, 6.07) is 14.3. The van der Waals surface area contributed by atoms with Crippen LogP contribution in [-0.4, -0.2) is 40.7 Å². The first-order valence-corrected chi connectivity index (χ1v) is 10.3. The number of piperidine rings is 1. The van der Waals surface area contributed by atoms with Gasteiger partial charge in [-0.3, -0.25) is 4.79 Å². The first kappa shape index (κ1) is 19.4. The molecule has 3 aromatic rings. The van der Waals surface area contributed by atoms with Crippen molar-refractivity contribution in [2.24, 2.45) is 5.92 Å². The van der Waals surface area contributed by atoms with Gasteiger partial charge in [0.25, 0.3) is 5.91 Å². The molecule has 0 saturated carbocycles. The van der Waals surface area contributed by atoms with Gasteiger partial charge in [-0.25, -0.2) is 0 Å². The van der Waals surface area contributed by atoms with Crippen molar-refractivity contribution in [3.05, 3.63) is 53.6 Å². The number of likely N-dealkylation sites (tertiary alicyclic amines) is 1. The van der Waals surface area contributed by atoms with E-state index in [0.717, 1.165) is 53.5 Å². The van der Waals surface area contributed by atoms with Crippen LogP contribution in [0.1, 0.15) is 30.9 Å². The molecule has 0 atom stereocenters. The highest BCUT2D eigenvalue weighted by Crippen LogP contribution is 2.32. The number of ether oxygens (including phenoxy) is 1. The van der Waals surface area contributed by atoms with E-state index in [9.17, 15) is 4.79 Å². The fourth-order valence-electron chi connectivity index (χ4n) is 3.86. The molecule has 5 heteroatoms. The second-order valence-corrected chi connectivity index (χ2v) is 8.07. The number of rotatable bonds is 4. The molecule has 0 radical (unpaired) electrons. The molecule has 0 unspecified atom stereocenters. The van der Waals surface area contributed by atoms with Gasteiger partial charge in [0.15, 0.2) is 6.61 Å². The van der Waals surface area contributed by atoms with E-state index in [-0.39, 0.29) is 12.5 Å². The van der Waals surface area contributed by atoms with Crippen LogP contribution in [0.4, 0.5) is 0 Å². The van der Waals surface area contributed by atoms with Crippen molar-refractivity contribution in [2.75, 3.05) is 19.7 Å². The molecule has 0 aliphatic carbocycles. The topological polar surface area (TPSA) is 55.3 Å². The van der Waals surface area contributed by atoms with E-state index in [1.54, 1.807) is 0 Å². The van der Waals surface area contributed by atoms with Crippen LogP contribution in [0, 0.1) is 19.8 Å². The van der Waals surface area contributed by atoms with Crippen LogP contribution in [0.5, 0.6) is 5.88 Å². The van der Waals surface area contributed by atoms with E-state index in [1.165, 1.54) is 5.56 Å². The third kappa shape index (κ3) is 4.09. The molecule has 2 aromatic carbocycles. The Kier molecular flexibility index (Phi) is 5.47. The number of aryl methyl sites for hydroxylation is 2. The number of aromatic nitrogens is 2. The van der Waals surface area contributed by atoms with Gasteiger partial charge < -0.3 is 9.64 Å². The molecule has 1 aliphatic heterocycles. The van der Waals surface area contributed by atoms with Crippen LogP contribution in [-0.2, 0) is 4.79 Å². The highest BCUT2D eigenvalue weighted by Gasteiger charge is 2.21. The summed E-state index contributed by atoms with van der Waals surface area (Å²) in [6.07, 6.45) is 2.11. The Labute approximate surface area is 171 Å². The van der Waals surface area contributed by atoms with Crippen molar-refractivity contribution in [1.29, 1.82) is 0 Å². The number of nitrogens with zero attached hydrogens (tertiary/aromatic N) is 3. The summed E-state index contributed by atoms with van der Waals surface area (Å²) in [5.41, 5.74) is 4.24. The summed E-state index contributed by atoms with van der Waals surface area (Å²) in [7, 11) is 0. The van der Waals surface area contributed by atoms with Gasteiger partial charge in [-0.15, -0.1) is 10.2 Å². The van der Waals surface area contributed by atoms with Crippen molar-refractivity contribution < 1.29 is 9.53 Å². The zero-order valence-electron chi connectivity index (χ0n) is 17.3. The van der Waals surface area contributed by atoms with E-state index < -0.39 is 0 Å². The predicted octanol–water partition coefficient (Wildman–Crippen LogP) is 4.55. The number of hydrogen-bond donors (Lipinski definition) is 0. The highest BCUT2D eigenvalue weighted by atomic mass is 16.5. The van der Waals surface area contributed by atoms with Gasteiger partial charge in [0, 0.05) is 29.4 Å². The quantitative estimate of drug-likeness (QED) is 0.657. The monoisotopic (exact) mass is 389 g/mol. The van der Waals surface area contributed by atoms with Crippen molar-refractivity contribution in [3.8, 4) is 17.1 Å². The molecule has 1 aliphatic rings. The van der Waals surface area contributed by atoms with Gasteiger partial charge in [-0.1, -0.05) is 42.8 Å². The Bertz CT molecular complexity index is 1040. The van der Waals surface area contributed by atoms with Crippen molar-refractivity contribution in [3.63, 3.8) is 0 Å². The Morgan fingerprint density at radius 2 is 1.79 bits per heavy atom. The number of fused-ring (bicyclic) bond motifs is 1. The van der Waals surface area contributed by atoms with Crippen LogP contribution in [0.25, 0.3) is 22.0 Å². The van der Waals surface area contributed by atoms with E-state index in [1.807, 2.05) is 29.2 Å². The highest BCUT2D eigenvalue weighted by molar-refractivity contribution is 5.97. The molecular weight excluding hydrogens is 362 g/mol. The summed E-state index contributed by atoms with van der Waals surface area (Å²) in [6.45, 7) is 7.99. The van der Waals surface area contributed by atoms with Gasteiger partial charge in [-0.2, -0.15) is 0 Å². The van der Waals surface area contributed by atoms with E-state index >= 15 is 0 Å². The lowest BCUT2D eigenvalue weighted by Gasteiger charge is -2.30. The van der Waals surface area contributed by atoms with Crippen LogP contribution in [0.3, 0.4) is 0 Å². The number of hydrogen-bond acceptors (Lipinski definition) is 4. The smallest absolute Gasteiger partial charge is 0.260 e. The summed E-state index contributed by atoms with van der Waals surface area (Å²) in [5, 5.41) is 10.7. The minimum Gasteiger partial charge on any atom is -0.466 e. The number of benzene rings is 2. The second-order valence-electron chi connectivity index (χ2n) is 8.07. The fraction of sp³-hybridized carbons (Fsp3) is 0.375. The molecule has 0 spiro atoms. The minimum atomic E-state index is -0.00409. The van der Waals surface area contributed by atoms with Crippen molar-refractivity contribution in [1.82, 2.24) is 15.1 Å². The molecule has 1 amide bonds. The summed E-state index contributed by atoms with van der Waals surface area (Å²) >= 11 is 0. The average Bonchev–Trinajstić information content (AvgIpc) is 2.74. The Morgan fingerprint density at radius 3 is 2.55 bits per heavy atom. The summed E-state index contributed by atoms with van der Waals surface area (Å²) < 4.78 is 5.84. The summed E-state index contributed by atoms with van der Waals surface area (Å²) in [5.74, 6) is 1.11. The average molecular weight is 389 g/mol. The predicted molar refractivity (Wildman–Crippen MR) is 115 cm³/mol. The zero-order chi connectivity index (χ0) is 20.4. The maximum atomic E-state index is 12.5. The normalized spacial score (nSPS) is 14.9. The molecule has 4 rings (SSSR count).